The Morgan fingerprint density at radius 1 is 1.47 bits per heavy atom. The maximum Gasteiger partial charge on any atom is 0.255 e. The number of nitrogens with zero attached hydrogens (tertiary/aromatic N) is 2. The molecule has 0 fully saturated rings. The molecule has 0 bridgehead atoms. The Kier molecular flexibility index (Phi) is 5.62. The third-order valence-corrected chi connectivity index (χ3v) is 3.10. The molecule has 0 aliphatic heterocycles. The molecule has 0 aliphatic rings. The number of amides is 1. The molecule has 0 spiro atoms. The van der Waals surface area contributed by atoms with Crippen LogP contribution in [0.4, 0.5) is 0 Å². The van der Waals surface area contributed by atoms with Crippen molar-refractivity contribution in [1.82, 2.24) is 9.88 Å². The molecule has 3 nitrogen and oxygen atoms in total. The number of hydrogen-bond donors (Lipinski definition) is 0. The van der Waals surface area contributed by atoms with Crippen LogP contribution in [0.25, 0.3) is 0 Å². The van der Waals surface area contributed by atoms with E-state index < -0.39 is 0 Å². The summed E-state index contributed by atoms with van der Waals surface area (Å²) in [5.74, 6) is 0.0668. The van der Waals surface area contributed by atoms with Crippen molar-refractivity contribution >= 4 is 21.8 Å². The van der Waals surface area contributed by atoms with E-state index in [1.165, 1.54) is 0 Å². The first-order valence-electron chi connectivity index (χ1n) is 5.85. The van der Waals surface area contributed by atoms with Crippen molar-refractivity contribution in [2.75, 3.05) is 11.9 Å². The van der Waals surface area contributed by atoms with Crippen LogP contribution in [0.15, 0.2) is 18.5 Å². The number of pyridine rings is 1. The summed E-state index contributed by atoms with van der Waals surface area (Å²) in [7, 11) is 0. The normalized spacial score (nSPS) is 10.6. The van der Waals surface area contributed by atoms with Gasteiger partial charge in [0.25, 0.3) is 5.91 Å². The van der Waals surface area contributed by atoms with Gasteiger partial charge in [-0.05, 0) is 38.8 Å². The molecule has 1 rings (SSSR count). The van der Waals surface area contributed by atoms with E-state index in [-0.39, 0.29) is 11.9 Å². The zero-order valence-electron chi connectivity index (χ0n) is 10.6. The molecule has 1 amide bonds. The molecule has 0 unspecified atom stereocenters. The van der Waals surface area contributed by atoms with Gasteiger partial charge in [0, 0.05) is 30.3 Å². The Bertz CT molecular complexity index is 379. The molecular formula is C13H19BrN2O. The van der Waals surface area contributed by atoms with Crippen LogP contribution in [0.5, 0.6) is 0 Å². The lowest BCUT2D eigenvalue weighted by atomic mass is 10.1. The summed E-state index contributed by atoms with van der Waals surface area (Å²) in [6, 6.07) is 2.10. The van der Waals surface area contributed by atoms with E-state index in [0.717, 1.165) is 23.9 Å². The largest absolute Gasteiger partial charge is 0.336 e. The van der Waals surface area contributed by atoms with Crippen molar-refractivity contribution in [3.8, 4) is 0 Å². The molecule has 0 atom stereocenters. The lowest BCUT2D eigenvalue weighted by Crippen LogP contribution is -2.38. The fourth-order valence-corrected chi connectivity index (χ4v) is 1.91. The van der Waals surface area contributed by atoms with Gasteiger partial charge in [-0.25, -0.2) is 0 Å². The topological polar surface area (TPSA) is 33.2 Å². The predicted octanol–water partition coefficient (Wildman–Crippen LogP) is 3.03. The molecule has 0 radical (unpaired) electrons. The second-order valence-electron chi connectivity index (χ2n) is 4.39. The average Bonchev–Trinajstić information content (AvgIpc) is 2.29. The summed E-state index contributed by atoms with van der Waals surface area (Å²) in [5.41, 5.74) is 1.69. The number of hydrogen-bond acceptors (Lipinski definition) is 2. The van der Waals surface area contributed by atoms with Gasteiger partial charge >= 0.3 is 0 Å². The first kappa shape index (κ1) is 14.2. The minimum absolute atomic E-state index is 0.0668. The van der Waals surface area contributed by atoms with Crippen LogP contribution in [0, 0.1) is 6.92 Å². The summed E-state index contributed by atoms with van der Waals surface area (Å²) in [6.07, 6.45) is 4.36. The highest BCUT2D eigenvalue weighted by atomic mass is 79.9. The van der Waals surface area contributed by atoms with Gasteiger partial charge in [-0.2, -0.15) is 0 Å². The van der Waals surface area contributed by atoms with Crippen LogP contribution in [0.3, 0.4) is 0 Å². The molecule has 17 heavy (non-hydrogen) atoms. The van der Waals surface area contributed by atoms with Crippen LogP contribution in [0.1, 0.15) is 36.2 Å². The standard InChI is InChI=1S/C13H19BrN2O/c1-10(2)16(6-4-5-14)13(17)12-7-11(3)8-15-9-12/h7-10H,4-6H2,1-3H3. The third kappa shape index (κ3) is 4.11. The van der Waals surface area contributed by atoms with Crippen LogP contribution in [-0.2, 0) is 0 Å². The van der Waals surface area contributed by atoms with Crippen LogP contribution >= 0.6 is 15.9 Å². The van der Waals surface area contributed by atoms with Gasteiger partial charge in [0.2, 0.25) is 0 Å². The van der Waals surface area contributed by atoms with Gasteiger partial charge in [0.05, 0.1) is 5.56 Å². The minimum Gasteiger partial charge on any atom is -0.336 e. The molecule has 0 aliphatic carbocycles. The highest BCUT2D eigenvalue weighted by Crippen LogP contribution is 2.10. The smallest absolute Gasteiger partial charge is 0.255 e. The summed E-state index contributed by atoms with van der Waals surface area (Å²) >= 11 is 3.39. The number of halogens is 1. The Hall–Kier alpha value is -0.900. The zero-order chi connectivity index (χ0) is 12.8. The Labute approximate surface area is 111 Å². The molecule has 0 saturated heterocycles. The fraction of sp³-hybridized carbons (Fsp3) is 0.538. The lowest BCUT2D eigenvalue weighted by molar-refractivity contribution is 0.0706. The monoisotopic (exact) mass is 298 g/mol. The Morgan fingerprint density at radius 3 is 2.71 bits per heavy atom. The molecular weight excluding hydrogens is 280 g/mol. The molecule has 94 valence electrons. The molecule has 1 aromatic heterocycles. The van der Waals surface area contributed by atoms with E-state index >= 15 is 0 Å². The number of alkyl halides is 1. The molecule has 0 saturated carbocycles. The third-order valence-electron chi connectivity index (χ3n) is 2.54. The van der Waals surface area contributed by atoms with Crippen molar-refractivity contribution in [2.24, 2.45) is 0 Å². The number of aromatic nitrogens is 1. The van der Waals surface area contributed by atoms with Crippen molar-refractivity contribution in [3.05, 3.63) is 29.6 Å². The molecule has 0 N–H and O–H groups in total. The molecule has 1 heterocycles. The second kappa shape index (κ2) is 6.74. The van der Waals surface area contributed by atoms with E-state index in [2.05, 4.69) is 20.9 Å². The van der Waals surface area contributed by atoms with E-state index in [1.54, 1.807) is 12.4 Å². The summed E-state index contributed by atoms with van der Waals surface area (Å²) in [5, 5.41) is 0.912. The molecule has 0 aromatic carbocycles. The van der Waals surface area contributed by atoms with Crippen molar-refractivity contribution in [2.45, 2.75) is 33.2 Å². The number of carbonyl (C=O) groups excluding carboxylic acids is 1. The van der Waals surface area contributed by atoms with E-state index in [0.29, 0.717) is 5.56 Å². The van der Waals surface area contributed by atoms with Crippen LogP contribution in [-0.4, -0.2) is 33.7 Å². The van der Waals surface area contributed by atoms with Gasteiger partial charge in [-0.15, -0.1) is 0 Å². The fourth-order valence-electron chi connectivity index (χ4n) is 1.66. The average molecular weight is 299 g/mol. The van der Waals surface area contributed by atoms with Gasteiger partial charge < -0.3 is 4.90 Å². The SMILES string of the molecule is Cc1cncc(C(=O)N(CCCBr)C(C)C)c1. The highest BCUT2D eigenvalue weighted by molar-refractivity contribution is 9.09. The highest BCUT2D eigenvalue weighted by Gasteiger charge is 2.18. The second-order valence-corrected chi connectivity index (χ2v) is 5.18. The van der Waals surface area contributed by atoms with Gasteiger partial charge in [-0.1, -0.05) is 15.9 Å². The van der Waals surface area contributed by atoms with Gasteiger partial charge in [0.1, 0.15) is 0 Å². The maximum absolute atomic E-state index is 12.3. The lowest BCUT2D eigenvalue weighted by Gasteiger charge is -2.26. The minimum atomic E-state index is 0.0668. The first-order valence-corrected chi connectivity index (χ1v) is 6.97. The van der Waals surface area contributed by atoms with Crippen molar-refractivity contribution in [3.63, 3.8) is 0 Å². The summed E-state index contributed by atoms with van der Waals surface area (Å²) in [6.45, 7) is 6.79. The number of carbonyl (C=O) groups is 1. The van der Waals surface area contributed by atoms with Crippen LogP contribution < -0.4 is 0 Å². The maximum atomic E-state index is 12.3. The van der Waals surface area contributed by atoms with E-state index in [9.17, 15) is 4.79 Å². The summed E-state index contributed by atoms with van der Waals surface area (Å²) in [4.78, 5) is 18.3. The molecule has 4 heteroatoms. The Balaban J connectivity index is 2.84. The first-order chi connectivity index (χ1) is 8.06. The van der Waals surface area contributed by atoms with E-state index in [1.807, 2.05) is 31.7 Å². The number of rotatable bonds is 5. The van der Waals surface area contributed by atoms with Crippen molar-refractivity contribution < 1.29 is 4.79 Å². The zero-order valence-corrected chi connectivity index (χ0v) is 12.2. The molecule has 1 aromatic rings. The summed E-state index contributed by atoms with van der Waals surface area (Å²) < 4.78 is 0. The van der Waals surface area contributed by atoms with Gasteiger partial charge in [-0.3, -0.25) is 9.78 Å². The van der Waals surface area contributed by atoms with Crippen LogP contribution in [0.2, 0.25) is 0 Å². The van der Waals surface area contributed by atoms with Gasteiger partial charge in [0.15, 0.2) is 0 Å². The van der Waals surface area contributed by atoms with Crippen molar-refractivity contribution in [1.29, 1.82) is 0 Å². The quantitative estimate of drug-likeness (QED) is 0.783. The number of aryl methyl sites for hydroxylation is 1. The van der Waals surface area contributed by atoms with E-state index in [4.69, 9.17) is 0 Å². The predicted molar refractivity (Wildman–Crippen MR) is 73.6 cm³/mol. The Morgan fingerprint density at radius 2 is 2.18 bits per heavy atom.